The third-order valence-electron chi connectivity index (χ3n) is 5.46. The molecule has 2 aromatic carbocycles. The highest BCUT2D eigenvalue weighted by molar-refractivity contribution is 7.22. The lowest BCUT2D eigenvalue weighted by Crippen LogP contribution is -2.24. The average Bonchev–Trinajstić information content (AvgIpc) is 3.28. The number of rotatable bonds is 3. The molecule has 1 aliphatic carbocycles. The molecular formula is C22H20N4O2S. The highest BCUT2D eigenvalue weighted by Gasteiger charge is 2.25. The van der Waals surface area contributed by atoms with E-state index in [4.69, 9.17) is 0 Å². The van der Waals surface area contributed by atoms with Gasteiger partial charge in [-0.25, -0.2) is 9.98 Å². The maximum Gasteiger partial charge on any atom is 0.275 e. The Hall–Kier alpha value is -3.06. The van der Waals surface area contributed by atoms with Crippen molar-refractivity contribution in [3.63, 3.8) is 0 Å². The van der Waals surface area contributed by atoms with Gasteiger partial charge in [0.2, 0.25) is 5.91 Å². The highest BCUT2D eigenvalue weighted by atomic mass is 32.1. The lowest BCUT2D eigenvalue weighted by atomic mass is 9.89. The number of aliphatic imine (C=N–C) groups is 1. The number of nitrogens with one attached hydrogen (secondary N) is 2. The van der Waals surface area contributed by atoms with Crippen molar-refractivity contribution >= 4 is 55.6 Å². The first-order valence-electron chi connectivity index (χ1n) is 9.88. The van der Waals surface area contributed by atoms with Crippen LogP contribution in [0.2, 0.25) is 0 Å². The molecule has 5 rings (SSSR count). The number of hydrogen-bond donors (Lipinski definition) is 2. The Morgan fingerprint density at radius 3 is 2.83 bits per heavy atom. The minimum Gasteiger partial charge on any atom is -0.320 e. The fraction of sp³-hybridized carbons (Fsp3) is 0.273. The van der Waals surface area contributed by atoms with Crippen LogP contribution in [0, 0.1) is 5.92 Å². The van der Waals surface area contributed by atoms with E-state index in [1.807, 2.05) is 42.5 Å². The number of amides is 2. The zero-order chi connectivity index (χ0) is 19.8. The van der Waals surface area contributed by atoms with E-state index in [2.05, 4.69) is 20.6 Å². The Balaban J connectivity index is 1.40. The summed E-state index contributed by atoms with van der Waals surface area (Å²) >= 11 is 1.44. The molecule has 7 heteroatoms. The van der Waals surface area contributed by atoms with Gasteiger partial charge < -0.3 is 10.6 Å². The molecule has 1 saturated carbocycles. The number of fused-ring (bicyclic) bond motifs is 2. The molecule has 1 aliphatic heterocycles. The van der Waals surface area contributed by atoms with Crippen molar-refractivity contribution < 1.29 is 9.59 Å². The minimum absolute atomic E-state index is 0.0726. The van der Waals surface area contributed by atoms with E-state index in [0.29, 0.717) is 16.5 Å². The van der Waals surface area contributed by atoms with Crippen LogP contribution in [0.5, 0.6) is 0 Å². The summed E-state index contributed by atoms with van der Waals surface area (Å²) in [4.78, 5) is 33.9. The smallest absolute Gasteiger partial charge is 0.275 e. The highest BCUT2D eigenvalue weighted by Crippen LogP contribution is 2.32. The number of anilines is 2. The first-order valence-corrected chi connectivity index (χ1v) is 10.7. The van der Waals surface area contributed by atoms with Crippen LogP contribution in [0.4, 0.5) is 16.5 Å². The molecule has 0 saturated heterocycles. The van der Waals surface area contributed by atoms with Crippen LogP contribution in [-0.2, 0) is 9.59 Å². The summed E-state index contributed by atoms with van der Waals surface area (Å²) in [6.07, 6.45) is 5.39. The van der Waals surface area contributed by atoms with Crippen LogP contribution in [-0.4, -0.2) is 22.5 Å². The minimum atomic E-state index is -0.198. The van der Waals surface area contributed by atoms with Crippen molar-refractivity contribution in [2.75, 3.05) is 10.6 Å². The van der Waals surface area contributed by atoms with E-state index in [9.17, 15) is 9.59 Å². The van der Waals surface area contributed by atoms with Gasteiger partial charge in [0.15, 0.2) is 5.13 Å². The average molecular weight is 404 g/mol. The maximum atomic E-state index is 12.5. The molecule has 0 atom stereocenters. The summed E-state index contributed by atoms with van der Waals surface area (Å²) in [6.45, 7) is 0. The molecule has 1 aromatic heterocycles. The second kappa shape index (κ2) is 7.40. The first-order chi connectivity index (χ1) is 14.2. The van der Waals surface area contributed by atoms with Gasteiger partial charge in [-0.2, -0.15) is 0 Å². The number of carbonyl (C=O) groups is 2. The lowest BCUT2D eigenvalue weighted by molar-refractivity contribution is -0.120. The molecular weight excluding hydrogens is 384 g/mol. The Labute approximate surface area is 172 Å². The van der Waals surface area contributed by atoms with E-state index in [1.165, 1.54) is 17.8 Å². The van der Waals surface area contributed by atoms with Crippen LogP contribution in [0.25, 0.3) is 10.2 Å². The number of hydrogen-bond acceptors (Lipinski definition) is 5. The summed E-state index contributed by atoms with van der Waals surface area (Å²) in [6, 6.07) is 13.2. The maximum absolute atomic E-state index is 12.5. The van der Waals surface area contributed by atoms with Crippen LogP contribution < -0.4 is 10.6 Å². The van der Waals surface area contributed by atoms with Crippen LogP contribution in [0.15, 0.2) is 47.5 Å². The van der Waals surface area contributed by atoms with Gasteiger partial charge in [0.25, 0.3) is 5.91 Å². The van der Waals surface area contributed by atoms with Crippen molar-refractivity contribution in [1.82, 2.24) is 4.98 Å². The summed E-state index contributed by atoms with van der Waals surface area (Å²) in [5.74, 6) is -0.0295. The van der Waals surface area contributed by atoms with E-state index >= 15 is 0 Å². The zero-order valence-electron chi connectivity index (χ0n) is 15.8. The first kappa shape index (κ1) is 18.0. The second-order valence-electron chi connectivity index (χ2n) is 7.46. The van der Waals surface area contributed by atoms with Gasteiger partial charge in [-0.1, -0.05) is 48.8 Å². The summed E-state index contributed by atoms with van der Waals surface area (Å²) in [5, 5.41) is 6.43. The van der Waals surface area contributed by atoms with E-state index < -0.39 is 0 Å². The molecule has 2 aliphatic rings. The summed E-state index contributed by atoms with van der Waals surface area (Å²) in [5.41, 5.74) is 3.50. The third kappa shape index (κ3) is 3.53. The number of thiazole rings is 1. The van der Waals surface area contributed by atoms with Crippen molar-refractivity contribution in [2.45, 2.75) is 32.1 Å². The molecule has 29 heavy (non-hydrogen) atoms. The van der Waals surface area contributed by atoms with E-state index in [0.717, 1.165) is 47.2 Å². The number of aromatic nitrogens is 1. The molecule has 1 fully saturated rings. The Morgan fingerprint density at radius 2 is 1.97 bits per heavy atom. The van der Waals surface area contributed by atoms with Crippen molar-refractivity contribution in [3.8, 4) is 0 Å². The van der Waals surface area contributed by atoms with Crippen LogP contribution in [0.3, 0.4) is 0 Å². The number of benzene rings is 2. The van der Waals surface area contributed by atoms with Gasteiger partial charge in [0, 0.05) is 11.5 Å². The predicted molar refractivity (Wildman–Crippen MR) is 116 cm³/mol. The Kier molecular flexibility index (Phi) is 4.60. The van der Waals surface area contributed by atoms with Gasteiger partial charge in [0.1, 0.15) is 5.71 Å². The molecule has 2 N–H and O–H groups in total. The predicted octanol–water partition coefficient (Wildman–Crippen LogP) is 4.89. The number of para-hydroxylation sites is 1. The Bertz CT molecular complexity index is 1140. The van der Waals surface area contributed by atoms with E-state index in [-0.39, 0.29) is 17.7 Å². The molecule has 0 radical (unpaired) electrons. The zero-order valence-corrected chi connectivity index (χ0v) is 16.6. The normalized spacial score (nSPS) is 18.1. The monoisotopic (exact) mass is 404 g/mol. The molecule has 2 heterocycles. The van der Waals surface area contributed by atoms with Crippen LogP contribution >= 0.6 is 11.3 Å². The molecule has 146 valence electrons. The largest absolute Gasteiger partial charge is 0.320 e. The standard InChI is InChI=1S/C22H20N4O2S/c27-20(13-6-2-1-3-7-13)26-22-25-17-11-10-14(12-18(17)29-22)23-19-15-8-4-5-9-16(15)24-21(19)28/h4-5,8-13H,1-3,6-7H2,(H,23,24,28)(H,25,26,27). The van der Waals surface area contributed by atoms with Gasteiger partial charge in [-0.05, 0) is 37.1 Å². The fourth-order valence-electron chi connectivity index (χ4n) is 3.95. The van der Waals surface area contributed by atoms with Crippen molar-refractivity contribution in [1.29, 1.82) is 0 Å². The molecule has 2 amide bonds. The van der Waals surface area contributed by atoms with Crippen LogP contribution in [0.1, 0.15) is 37.7 Å². The molecule has 0 bridgehead atoms. The number of nitrogens with zero attached hydrogens (tertiary/aromatic N) is 2. The van der Waals surface area contributed by atoms with Gasteiger partial charge in [-0.15, -0.1) is 0 Å². The molecule has 3 aromatic rings. The third-order valence-corrected chi connectivity index (χ3v) is 6.40. The van der Waals surface area contributed by atoms with Gasteiger partial charge >= 0.3 is 0 Å². The fourth-order valence-corrected chi connectivity index (χ4v) is 4.85. The topological polar surface area (TPSA) is 83.4 Å². The molecule has 0 spiro atoms. The SMILES string of the molecule is O=C1Nc2ccccc2C1=Nc1ccc2nc(NC(=O)C3CCCCC3)sc2c1. The van der Waals surface area contributed by atoms with Crippen molar-refractivity contribution in [2.24, 2.45) is 10.9 Å². The number of carbonyl (C=O) groups excluding carboxylic acids is 2. The Morgan fingerprint density at radius 1 is 1.14 bits per heavy atom. The quantitative estimate of drug-likeness (QED) is 0.652. The molecule has 0 unspecified atom stereocenters. The lowest BCUT2D eigenvalue weighted by Gasteiger charge is -2.19. The van der Waals surface area contributed by atoms with Gasteiger partial charge in [0.05, 0.1) is 21.6 Å². The summed E-state index contributed by atoms with van der Waals surface area (Å²) < 4.78 is 0.928. The molecule has 6 nitrogen and oxygen atoms in total. The van der Waals surface area contributed by atoms with Gasteiger partial charge in [-0.3, -0.25) is 9.59 Å². The summed E-state index contributed by atoms with van der Waals surface area (Å²) in [7, 11) is 0. The van der Waals surface area contributed by atoms with Crippen molar-refractivity contribution in [3.05, 3.63) is 48.0 Å². The second-order valence-corrected chi connectivity index (χ2v) is 8.49. The van der Waals surface area contributed by atoms with E-state index in [1.54, 1.807) is 0 Å².